The molecule has 0 N–H and O–H groups in total. The van der Waals surface area contributed by atoms with E-state index in [0.717, 1.165) is 10.9 Å². The van der Waals surface area contributed by atoms with E-state index in [-0.39, 0.29) is 5.76 Å². The van der Waals surface area contributed by atoms with Gasteiger partial charge in [-0.25, -0.2) is 4.79 Å². The van der Waals surface area contributed by atoms with Gasteiger partial charge in [0.25, 0.3) is 0 Å². The van der Waals surface area contributed by atoms with Gasteiger partial charge in [-0.15, -0.1) is 0 Å². The van der Waals surface area contributed by atoms with Gasteiger partial charge in [0, 0.05) is 10.9 Å². The van der Waals surface area contributed by atoms with Crippen molar-refractivity contribution in [2.24, 2.45) is 0 Å². The van der Waals surface area contributed by atoms with Crippen LogP contribution in [0.25, 0.3) is 11.0 Å². The number of methoxy groups -OCH3 is 1. The van der Waals surface area contributed by atoms with Crippen LogP contribution in [0.4, 0.5) is 0 Å². The summed E-state index contributed by atoms with van der Waals surface area (Å²) in [6.07, 6.45) is 0. The highest BCUT2D eigenvalue weighted by molar-refractivity contribution is 5.95. The molecule has 0 spiro atoms. The molecule has 2 aromatic rings. The lowest BCUT2D eigenvalue weighted by Gasteiger charge is -1.97. The van der Waals surface area contributed by atoms with Crippen LogP contribution in [0, 0.1) is 18.3 Å². The van der Waals surface area contributed by atoms with Crippen LogP contribution in [0.2, 0.25) is 0 Å². The topological polar surface area (TPSA) is 63.2 Å². The van der Waals surface area contributed by atoms with E-state index in [1.54, 1.807) is 18.2 Å². The second-order valence-electron chi connectivity index (χ2n) is 3.37. The molecule has 16 heavy (non-hydrogen) atoms. The lowest BCUT2D eigenvalue weighted by molar-refractivity contribution is 0.0601. The van der Waals surface area contributed by atoms with Crippen LogP contribution >= 0.6 is 0 Å². The molecular formula is C12H9NO3. The number of hydrogen-bond acceptors (Lipinski definition) is 4. The van der Waals surface area contributed by atoms with Crippen molar-refractivity contribution in [3.8, 4) is 6.07 Å². The summed E-state index contributed by atoms with van der Waals surface area (Å²) in [7, 11) is 1.32. The smallest absolute Gasteiger partial charge is 0.337 e. The van der Waals surface area contributed by atoms with Crippen LogP contribution in [-0.4, -0.2) is 13.1 Å². The zero-order valence-corrected chi connectivity index (χ0v) is 8.90. The summed E-state index contributed by atoms with van der Waals surface area (Å²) in [6.45, 7) is 1.81. The van der Waals surface area contributed by atoms with E-state index in [4.69, 9.17) is 9.68 Å². The van der Waals surface area contributed by atoms with Crippen LogP contribution in [0.1, 0.15) is 21.7 Å². The second kappa shape index (κ2) is 3.70. The number of furan rings is 1. The molecule has 1 heterocycles. The third kappa shape index (κ3) is 1.43. The van der Waals surface area contributed by atoms with Crippen molar-refractivity contribution < 1.29 is 13.9 Å². The Balaban J connectivity index is 2.64. The molecule has 0 aliphatic heterocycles. The van der Waals surface area contributed by atoms with Gasteiger partial charge in [0.05, 0.1) is 12.7 Å². The molecule has 0 saturated carbocycles. The number of nitriles is 1. The van der Waals surface area contributed by atoms with Crippen LogP contribution in [0.15, 0.2) is 22.6 Å². The van der Waals surface area contributed by atoms with Crippen LogP contribution in [0.5, 0.6) is 0 Å². The Kier molecular flexibility index (Phi) is 2.37. The fourth-order valence-corrected chi connectivity index (χ4v) is 1.58. The van der Waals surface area contributed by atoms with Crippen molar-refractivity contribution in [2.75, 3.05) is 7.11 Å². The predicted octanol–water partition coefficient (Wildman–Crippen LogP) is 2.40. The first kappa shape index (κ1) is 10.2. The molecule has 4 heteroatoms. The van der Waals surface area contributed by atoms with Gasteiger partial charge in [-0.2, -0.15) is 5.26 Å². The third-order valence-corrected chi connectivity index (χ3v) is 2.46. The highest BCUT2D eigenvalue weighted by atomic mass is 16.5. The molecular weight excluding hydrogens is 206 g/mol. The van der Waals surface area contributed by atoms with E-state index in [0.29, 0.717) is 11.1 Å². The Bertz CT molecular complexity index is 604. The number of ether oxygens (including phenoxy) is 1. The van der Waals surface area contributed by atoms with Crippen molar-refractivity contribution >= 4 is 16.9 Å². The molecule has 0 bridgehead atoms. The SMILES string of the molecule is COC(=O)c1ccc2c(C)c(C#N)oc2c1. The first-order chi connectivity index (χ1) is 7.67. The number of nitrogens with zero attached hydrogens (tertiary/aromatic N) is 1. The summed E-state index contributed by atoms with van der Waals surface area (Å²) in [5, 5.41) is 9.65. The van der Waals surface area contributed by atoms with Crippen molar-refractivity contribution in [2.45, 2.75) is 6.92 Å². The van der Waals surface area contributed by atoms with Gasteiger partial charge in [0.1, 0.15) is 11.7 Å². The standard InChI is InChI=1S/C12H9NO3/c1-7-9-4-3-8(12(14)15-2)5-10(9)16-11(7)6-13/h3-5H,1-2H3. The normalized spacial score (nSPS) is 10.1. The Labute approximate surface area is 92.0 Å². The first-order valence-corrected chi connectivity index (χ1v) is 4.69. The molecule has 1 aromatic heterocycles. The molecule has 0 fully saturated rings. The number of carbonyl (C=O) groups excluding carboxylic acids is 1. The van der Waals surface area contributed by atoms with Gasteiger partial charge in [0.15, 0.2) is 0 Å². The number of aryl methyl sites for hydroxylation is 1. The van der Waals surface area contributed by atoms with E-state index >= 15 is 0 Å². The quantitative estimate of drug-likeness (QED) is 0.685. The zero-order valence-electron chi connectivity index (χ0n) is 8.90. The van der Waals surface area contributed by atoms with E-state index in [1.807, 2.05) is 13.0 Å². The maximum atomic E-state index is 11.3. The summed E-state index contributed by atoms with van der Waals surface area (Å²) in [5.41, 5.74) is 1.72. The van der Waals surface area contributed by atoms with Crippen molar-refractivity contribution in [3.63, 3.8) is 0 Å². The van der Waals surface area contributed by atoms with Gasteiger partial charge >= 0.3 is 5.97 Å². The highest BCUT2D eigenvalue weighted by Crippen LogP contribution is 2.25. The molecule has 0 aliphatic carbocycles. The van der Waals surface area contributed by atoms with Crippen molar-refractivity contribution in [1.29, 1.82) is 5.26 Å². The fourth-order valence-electron chi connectivity index (χ4n) is 1.58. The average molecular weight is 215 g/mol. The fraction of sp³-hybridized carbons (Fsp3) is 0.167. The largest absolute Gasteiger partial charge is 0.465 e. The predicted molar refractivity (Wildman–Crippen MR) is 57.0 cm³/mol. The molecule has 0 aliphatic rings. The lowest BCUT2D eigenvalue weighted by Crippen LogP contribution is -2.00. The maximum Gasteiger partial charge on any atom is 0.337 e. The van der Waals surface area contributed by atoms with E-state index in [1.165, 1.54) is 7.11 Å². The molecule has 4 nitrogen and oxygen atoms in total. The average Bonchev–Trinajstić information content (AvgIpc) is 2.64. The van der Waals surface area contributed by atoms with E-state index in [9.17, 15) is 4.79 Å². The molecule has 0 unspecified atom stereocenters. The van der Waals surface area contributed by atoms with Crippen molar-refractivity contribution in [3.05, 3.63) is 35.1 Å². The minimum atomic E-state index is -0.422. The summed E-state index contributed by atoms with van der Waals surface area (Å²) < 4.78 is 9.92. The lowest BCUT2D eigenvalue weighted by atomic mass is 10.1. The Hall–Kier alpha value is -2.28. The van der Waals surface area contributed by atoms with E-state index in [2.05, 4.69) is 4.74 Å². The minimum Gasteiger partial charge on any atom is -0.465 e. The molecule has 0 atom stereocenters. The van der Waals surface area contributed by atoms with Crippen LogP contribution in [0.3, 0.4) is 0 Å². The van der Waals surface area contributed by atoms with E-state index < -0.39 is 5.97 Å². The van der Waals surface area contributed by atoms with Gasteiger partial charge < -0.3 is 9.15 Å². The highest BCUT2D eigenvalue weighted by Gasteiger charge is 2.12. The number of fused-ring (bicyclic) bond motifs is 1. The zero-order chi connectivity index (χ0) is 11.7. The minimum absolute atomic E-state index is 0.275. The van der Waals surface area contributed by atoms with Crippen LogP contribution in [-0.2, 0) is 4.74 Å². The van der Waals surface area contributed by atoms with Gasteiger partial charge in [-0.3, -0.25) is 0 Å². The number of carbonyl (C=O) groups is 1. The van der Waals surface area contributed by atoms with Gasteiger partial charge in [-0.05, 0) is 25.1 Å². The van der Waals surface area contributed by atoms with Gasteiger partial charge in [0.2, 0.25) is 5.76 Å². The Morgan fingerprint density at radius 1 is 1.50 bits per heavy atom. The third-order valence-electron chi connectivity index (χ3n) is 2.46. The Morgan fingerprint density at radius 2 is 2.25 bits per heavy atom. The number of rotatable bonds is 1. The molecule has 1 aromatic carbocycles. The first-order valence-electron chi connectivity index (χ1n) is 4.69. The maximum absolute atomic E-state index is 11.3. The number of benzene rings is 1. The molecule has 0 radical (unpaired) electrons. The monoisotopic (exact) mass is 215 g/mol. The summed E-state index contributed by atoms with van der Waals surface area (Å²) in [5.74, 6) is -0.147. The summed E-state index contributed by atoms with van der Waals surface area (Å²) >= 11 is 0. The molecule has 2 rings (SSSR count). The number of esters is 1. The Morgan fingerprint density at radius 3 is 2.88 bits per heavy atom. The van der Waals surface area contributed by atoms with Crippen molar-refractivity contribution in [1.82, 2.24) is 0 Å². The molecule has 0 amide bonds. The summed E-state index contributed by atoms with van der Waals surface area (Å²) in [4.78, 5) is 11.3. The molecule has 0 saturated heterocycles. The van der Waals surface area contributed by atoms with Crippen LogP contribution < -0.4 is 0 Å². The summed E-state index contributed by atoms with van der Waals surface area (Å²) in [6, 6.07) is 6.94. The number of hydrogen-bond donors (Lipinski definition) is 0. The van der Waals surface area contributed by atoms with Gasteiger partial charge in [-0.1, -0.05) is 0 Å². The second-order valence-corrected chi connectivity index (χ2v) is 3.37. The molecule has 80 valence electrons.